The molecular weight excluding hydrogens is 292 g/mol. The fourth-order valence-corrected chi connectivity index (χ4v) is 2.81. The Labute approximate surface area is 138 Å². The van der Waals surface area contributed by atoms with E-state index in [0.717, 1.165) is 38.0 Å². The number of carbonyl (C=O) groups is 1. The van der Waals surface area contributed by atoms with Crippen LogP contribution in [-0.2, 0) is 14.3 Å². The van der Waals surface area contributed by atoms with Gasteiger partial charge in [0, 0.05) is 33.4 Å². The lowest BCUT2D eigenvalue weighted by molar-refractivity contribution is -0.135. The van der Waals surface area contributed by atoms with Crippen LogP contribution in [0.25, 0.3) is 0 Å². The third-order valence-electron chi connectivity index (χ3n) is 4.30. The summed E-state index contributed by atoms with van der Waals surface area (Å²) >= 11 is 0. The van der Waals surface area contributed by atoms with Crippen LogP contribution in [0.5, 0.6) is 0 Å². The topological polar surface area (TPSA) is 64.8 Å². The predicted octanol–water partition coefficient (Wildman–Crippen LogP) is 2.04. The predicted molar refractivity (Wildman–Crippen MR) is 90.2 cm³/mol. The highest BCUT2D eigenvalue weighted by molar-refractivity contribution is 5.83. The van der Waals surface area contributed by atoms with Crippen molar-refractivity contribution < 1.29 is 14.3 Å². The zero-order valence-electron chi connectivity index (χ0n) is 14.2. The summed E-state index contributed by atoms with van der Waals surface area (Å²) in [7, 11) is 1.70. The molecule has 1 aliphatic heterocycles. The van der Waals surface area contributed by atoms with Crippen molar-refractivity contribution >= 4 is 5.91 Å². The molecule has 1 atom stereocenters. The molecule has 1 saturated heterocycles. The highest BCUT2D eigenvalue weighted by Gasteiger charge is 2.27. The molecular formula is C18H28N2O3. The summed E-state index contributed by atoms with van der Waals surface area (Å²) in [6.07, 6.45) is 2.90. The summed E-state index contributed by atoms with van der Waals surface area (Å²) in [5.41, 5.74) is 8.17. The summed E-state index contributed by atoms with van der Waals surface area (Å²) < 4.78 is 10.8. The van der Waals surface area contributed by atoms with Gasteiger partial charge >= 0.3 is 0 Å². The molecule has 0 aliphatic carbocycles. The number of amides is 1. The second-order valence-electron chi connectivity index (χ2n) is 6.13. The average molecular weight is 320 g/mol. The number of hydrogen-bond donors (Lipinski definition) is 1. The Hall–Kier alpha value is -1.43. The van der Waals surface area contributed by atoms with Gasteiger partial charge in [0.05, 0.1) is 6.10 Å². The van der Waals surface area contributed by atoms with Crippen LogP contribution in [0.1, 0.15) is 36.4 Å². The minimum atomic E-state index is -0.574. The molecule has 2 rings (SSSR count). The van der Waals surface area contributed by atoms with E-state index in [2.05, 4.69) is 0 Å². The van der Waals surface area contributed by atoms with E-state index >= 15 is 0 Å². The molecule has 1 heterocycles. The maximum absolute atomic E-state index is 12.5. The standard InChI is InChI=1S/C18H28N2O3/c1-14-4-6-15(7-5-14)17(19)18(21)20-10-8-16(9-11-20)23-13-3-12-22-2/h4-7,16-17H,3,8-13,19H2,1-2H3. The number of methoxy groups -OCH3 is 1. The number of aryl methyl sites for hydroxylation is 1. The Morgan fingerprint density at radius 1 is 1.26 bits per heavy atom. The van der Waals surface area contributed by atoms with E-state index < -0.39 is 6.04 Å². The van der Waals surface area contributed by atoms with E-state index in [0.29, 0.717) is 13.1 Å². The largest absolute Gasteiger partial charge is 0.385 e. The molecule has 2 N–H and O–H groups in total. The number of carbonyl (C=O) groups excluding carboxylic acids is 1. The Morgan fingerprint density at radius 2 is 1.91 bits per heavy atom. The zero-order valence-corrected chi connectivity index (χ0v) is 14.2. The highest BCUT2D eigenvalue weighted by atomic mass is 16.5. The molecule has 1 aliphatic rings. The van der Waals surface area contributed by atoms with Crippen LogP contribution in [0.15, 0.2) is 24.3 Å². The first-order chi connectivity index (χ1) is 11.1. The average Bonchev–Trinajstić information content (AvgIpc) is 2.59. The second kappa shape index (κ2) is 9.01. The minimum Gasteiger partial charge on any atom is -0.385 e. The van der Waals surface area contributed by atoms with E-state index in [1.165, 1.54) is 5.56 Å². The van der Waals surface area contributed by atoms with Crippen LogP contribution < -0.4 is 5.73 Å². The van der Waals surface area contributed by atoms with Crippen molar-refractivity contribution in [3.63, 3.8) is 0 Å². The van der Waals surface area contributed by atoms with Crippen molar-refractivity contribution in [2.45, 2.75) is 38.3 Å². The first kappa shape index (κ1) is 17.9. The van der Waals surface area contributed by atoms with E-state index in [9.17, 15) is 4.79 Å². The van der Waals surface area contributed by atoms with Gasteiger partial charge in [0.2, 0.25) is 5.91 Å². The van der Waals surface area contributed by atoms with Gasteiger partial charge in [0.25, 0.3) is 0 Å². The molecule has 1 fully saturated rings. The maximum Gasteiger partial charge on any atom is 0.244 e. The second-order valence-corrected chi connectivity index (χ2v) is 6.13. The lowest BCUT2D eigenvalue weighted by Gasteiger charge is -2.33. The van der Waals surface area contributed by atoms with Gasteiger partial charge in [-0.3, -0.25) is 4.79 Å². The normalized spacial score (nSPS) is 17.3. The SMILES string of the molecule is COCCCOC1CCN(C(=O)C(N)c2ccc(C)cc2)CC1. The monoisotopic (exact) mass is 320 g/mol. The van der Waals surface area contributed by atoms with Crippen LogP contribution in [0.3, 0.4) is 0 Å². The molecule has 1 aromatic carbocycles. The number of piperidine rings is 1. The maximum atomic E-state index is 12.5. The van der Waals surface area contributed by atoms with Gasteiger partial charge in [-0.25, -0.2) is 0 Å². The summed E-state index contributed by atoms with van der Waals surface area (Å²) in [6.45, 7) is 4.90. The van der Waals surface area contributed by atoms with E-state index in [-0.39, 0.29) is 12.0 Å². The van der Waals surface area contributed by atoms with Crippen LogP contribution in [0.2, 0.25) is 0 Å². The molecule has 5 nitrogen and oxygen atoms in total. The molecule has 0 aromatic heterocycles. The minimum absolute atomic E-state index is 0.00619. The zero-order chi connectivity index (χ0) is 16.7. The van der Waals surface area contributed by atoms with Gasteiger partial charge in [-0.05, 0) is 31.7 Å². The van der Waals surface area contributed by atoms with Crippen LogP contribution in [0.4, 0.5) is 0 Å². The number of nitrogens with zero attached hydrogens (tertiary/aromatic N) is 1. The van der Waals surface area contributed by atoms with Gasteiger partial charge in [-0.2, -0.15) is 0 Å². The van der Waals surface area contributed by atoms with Crippen LogP contribution in [-0.4, -0.2) is 50.3 Å². The molecule has 1 aromatic rings. The Bertz CT molecular complexity index is 482. The number of benzene rings is 1. The fourth-order valence-electron chi connectivity index (χ4n) is 2.81. The van der Waals surface area contributed by atoms with Crippen molar-refractivity contribution in [2.75, 3.05) is 33.4 Å². The lowest BCUT2D eigenvalue weighted by atomic mass is 10.0. The fraction of sp³-hybridized carbons (Fsp3) is 0.611. The first-order valence-electron chi connectivity index (χ1n) is 8.33. The highest BCUT2D eigenvalue weighted by Crippen LogP contribution is 2.19. The number of rotatable bonds is 7. The third-order valence-corrected chi connectivity index (χ3v) is 4.30. The Balaban J connectivity index is 1.77. The molecule has 0 radical (unpaired) electrons. The van der Waals surface area contributed by atoms with Gasteiger partial charge in [-0.15, -0.1) is 0 Å². The first-order valence-corrected chi connectivity index (χ1v) is 8.33. The van der Waals surface area contributed by atoms with Crippen molar-refractivity contribution in [1.29, 1.82) is 0 Å². The number of likely N-dealkylation sites (tertiary alicyclic amines) is 1. The molecule has 0 saturated carbocycles. The smallest absolute Gasteiger partial charge is 0.244 e. The van der Waals surface area contributed by atoms with E-state index in [4.69, 9.17) is 15.2 Å². The molecule has 1 unspecified atom stereocenters. The van der Waals surface area contributed by atoms with E-state index in [1.807, 2.05) is 36.1 Å². The van der Waals surface area contributed by atoms with Crippen molar-refractivity contribution in [2.24, 2.45) is 5.73 Å². The van der Waals surface area contributed by atoms with Crippen molar-refractivity contribution in [3.8, 4) is 0 Å². The molecule has 128 valence electrons. The quantitative estimate of drug-likeness (QED) is 0.781. The molecule has 5 heteroatoms. The lowest BCUT2D eigenvalue weighted by Crippen LogP contribution is -2.45. The summed E-state index contributed by atoms with van der Waals surface area (Å²) in [5, 5.41) is 0. The number of nitrogens with two attached hydrogens (primary N) is 1. The van der Waals surface area contributed by atoms with Crippen LogP contribution >= 0.6 is 0 Å². The summed E-state index contributed by atoms with van der Waals surface area (Å²) in [6, 6.07) is 7.27. The van der Waals surface area contributed by atoms with Crippen molar-refractivity contribution in [3.05, 3.63) is 35.4 Å². The number of ether oxygens (including phenoxy) is 2. The molecule has 1 amide bonds. The Kier molecular flexibility index (Phi) is 7.02. The van der Waals surface area contributed by atoms with E-state index in [1.54, 1.807) is 7.11 Å². The summed E-state index contributed by atoms with van der Waals surface area (Å²) in [4.78, 5) is 14.4. The van der Waals surface area contributed by atoms with Gasteiger partial charge in [0.15, 0.2) is 0 Å². The van der Waals surface area contributed by atoms with Crippen LogP contribution in [0, 0.1) is 6.92 Å². The van der Waals surface area contributed by atoms with Crippen molar-refractivity contribution in [1.82, 2.24) is 4.90 Å². The molecule has 23 heavy (non-hydrogen) atoms. The van der Waals surface area contributed by atoms with Gasteiger partial charge in [-0.1, -0.05) is 29.8 Å². The third kappa shape index (κ3) is 5.30. The molecule has 0 bridgehead atoms. The Morgan fingerprint density at radius 3 is 2.52 bits per heavy atom. The number of hydrogen-bond acceptors (Lipinski definition) is 4. The summed E-state index contributed by atoms with van der Waals surface area (Å²) in [5.74, 6) is 0.00619. The van der Waals surface area contributed by atoms with Gasteiger partial charge in [0.1, 0.15) is 6.04 Å². The molecule has 0 spiro atoms. The van der Waals surface area contributed by atoms with Gasteiger partial charge < -0.3 is 20.1 Å².